The Hall–Kier alpha value is -1.71. The largest absolute Gasteiger partial charge is 0.495 e. The number of nitrogens with zero attached hydrogens (tertiary/aromatic N) is 1. The summed E-state index contributed by atoms with van der Waals surface area (Å²) in [6.07, 6.45) is 0.921. The Morgan fingerprint density at radius 1 is 1.50 bits per heavy atom. The van der Waals surface area contributed by atoms with E-state index in [1.165, 1.54) is 0 Å². The van der Waals surface area contributed by atoms with E-state index in [1.807, 2.05) is 17.0 Å². The number of carboxylic acid groups (broad SMARTS) is 1. The van der Waals surface area contributed by atoms with Gasteiger partial charge >= 0.3 is 5.97 Å². The minimum Gasteiger partial charge on any atom is -0.495 e. The second kappa shape index (κ2) is 5.00. The number of carboxylic acids is 1. The van der Waals surface area contributed by atoms with Gasteiger partial charge in [0.15, 0.2) is 0 Å². The van der Waals surface area contributed by atoms with E-state index < -0.39 is 12.0 Å². The van der Waals surface area contributed by atoms with E-state index in [-0.39, 0.29) is 5.54 Å². The Balaban J connectivity index is 2.66. The zero-order valence-electron chi connectivity index (χ0n) is 12.8. The van der Waals surface area contributed by atoms with E-state index in [9.17, 15) is 9.90 Å². The lowest BCUT2D eigenvalue weighted by Gasteiger charge is -2.49. The summed E-state index contributed by atoms with van der Waals surface area (Å²) in [7, 11) is 1.63. The first-order chi connectivity index (χ1) is 9.29. The fourth-order valence-electron chi connectivity index (χ4n) is 3.45. The molecule has 4 nitrogen and oxygen atoms in total. The number of anilines is 1. The van der Waals surface area contributed by atoms with Gasteiger partial charge in [0.25, 0.3) is 0 Å². The molecule has 0 spiro atoms. The molecule has 0 fully saturated rings. The van der Waals surface area contributed by atoms with Gasteiger partial charge in [0.2, 0.25) is 0 Å². The topological polar surface area (TPSA) is 49.8 Å². The normalized spacial score (nSPS) is 22.1. The molecule has 0 radical (unpaired) electrons. The molecule has 0 bridgehead atoms. The molecule has 0 aliphatic carbocycles. The van der Waals surface area contributed by atoms with Crippen molar-refractivity contribution in [2.45, 2.75) is 51.6 Å². The predicted molar refractivity (Wildman–Crippen MR) is 79.7 cm³/mol. The van der Waals surface area contributed by atoms with Gasteiger partial charge in [0.05, 0.1) is 12.8 Å². The van der Waals surface area contributed by atoms with Crippen LogP contribution < -0.4 is 9.64 Å². The SMILES string of the molecule is COc1cccc2c1N([C@H](C)C(=O)O)C(C)(C)C[C@@H]2C. The molecule has 2 atom stereocenters. The van der Waals surface area contributed by atoms with Crippen LogP contribution in [-0.4, -0.2) is 29.8 Å². The predicted octanol–water partition coefficient (Wildman–Crippen LogP) is 3.26. The number of para-hydroxylation sites is 1. The van der Waals surface area contributed by atoms with Crippen LogP contribution in [0.25, 0.3) is 0 Å². The van der Waals surface area contributed by atoms with Crippen LogP contribution in [0.3, 0.4) is 0 Å². The maximum atomic E-state index is 11.5. The molecule has 1 aliphatic heterocycles. The van der Waals surface area contributed by atoms with Gasteiger partial charge in [0.1, 0.15) is 11.8 Å². The van der Waals surface area contributed by atoms with Gasteiger partial charge in [-0.25, -0.2) is 4.79 Å². The molecule has 2 rings (SSSR count). The molecule has 110 valence electrons. The maximum Gasteiger partial charge on any atom is 0.326 e. The highest BCUT2D eigenvalue weighted by atomic mass is 16.5. The Labute approximate surface area is 120 Å². The minimum atomic E-state index is -0.815. The van der Waals surface area contributed by atoms with Crippen LogP contribution >= 0.6 is 0 Å². The number of aliphatic carboxylic acids is 1. The average molecular weight is 277 g/mol. The molecular weight excluding hydrogens is 254 g/mol. The van der Waals surface area contributed by atoms with Crippen LogP contribution in [0.5, 0.6) is 5.75 Å². The smallest absolute Gasteiger partial charge is 0.326 e. The van der Waals surface area contributed by atoms with Gasteiger partial charge in [0, 0.05) is 5.54 Å². The first-order valence-corrected chi connectivity index (χ1v) is 6.98. The third-order valence-corrected chi connectivity index (χ3v) is 4.22. The molecule has 4 heteroatoms. The van der Waals surface area contributed by atoms with Crippen molar-refractivity contribution in [3.63, 3.8) is 0 Å². The van der Waals surface area contributed by atoms with Crippen LogP contribution in [0.1, 0.15) is 45.6 Å². The molecule has 1 aliphatic rings. The summed E-state index contributed by atoms with van der Waals surface area (Å²) in [5.41, 5.74) is 1.87. The molecule has 0 amide bonds. The van der Waals surface area contributed by atoms with Crippen molar-refractivity contribution in [1.82, 2.24) is 0 Å². The molecule has 1 heterocycles. The summed E-state index contributed by atoms with van der Waals surface area (Å²) in [4.78, 5) is 13.5. The summed E-state index contributed by atoms with van der Waals surface area (Å²) in [6.45, 7) is 8.11. The highest BCUT2D eigenvalue weighted by molar-refractivity contribution is 5.81. The summed E-state index contributed by atoms with van der Waals surface area (Å²) in [6, 6.07) is 5.34. The maximum absolute atomic E-state index is 11.5. The molecule has 0 aromatic heterocycles. The van der Waals surface area contributed by atoms with E-state index in [0.29, 0.717) is 5.92 Å². The van der Waals surface area contributed by atoms with Crippen LogP contribution in [0.15, 0.2) is 18.2 Å². The molecular formula is C16H23NO3. The summed E-state index contributed by atoms with van der Waals surface area (Å²) in [5.74, 6) is 0.312. The summed E-state index contributed by atoms with van der Waals surface area (Å²) >= 11 is 0. The number of hydrogen-bond donors (Lipinski definition) is 1. The van der Waals surface area contributed by atoms with Gasteiger partial charge in [-0.05, 0) is 44.7 Å². The highest BCUT2D eigenvalue weighted by Gasteiger charge is 2.42. The van der Waals surface area contributed by atoms with Gasteiger partial charge in [-0.3, -0.25) is 0 Å². The molecule has 0 saturated carbocycles. The second-order valence-corrected chi connectivity index (χ2v) is 6.20. The van der Waals surface area contributed by atoms with Crippen molar-refractivity contribution in [2.24, 2.45) is 0 Å². The van der Waals surface area contributed by atoms with Gasteiger partial charge < -0.3 is 14.7 Å². The van der Waals surface area contributed by atoms with Crippen LogP contribution in [-0.2, 0) is 4.79 Å². The van der Waals surface area contributed by atoms with Crippen molar-refractivity contribution in [3.05, 3.63) is 23.8 Å². The van der Waals surface area contributed by atoms with Gasteiger partial charge in [-0.1, -0.05) is 19.1 Å². The Morgan fingerprint density at radius 2 is 2.15 bits per heavy atom. The third kappa shape index (κ3) is 2.23. The Kier molecular flexibility index (Phi) is 3.67. The van der Waals surface area contributed by atoms with Crippen LogP contribution in [0.4, 0.5) is 5.69 Å². The van der Waals surface area contributed by atoms with E-state index in [1.54, 1.807) is 14.0 Å². The summed E-state index contributed by atoms with van der Waals surface area (Å²) in [5, 5.41) is 9.44. The number of ether oxygens (including phenoxy) is 1. The zero-order chi connectivity index (χ0) is 15.1. The quantitative estimate of drug-likeness (QED) is 0.921. The zero-order valence-corrected chi connectivity index (χ0v) is 12.8. The highest BCUT2D eigenvalue weighted by Crippen LogP contribution is 2.48. The molecule has 1 aromatic rings. The van der Waals surface area contributed by atoms with Crippen LogP contribution in [0.2, 0.25) is 0 Å². The standard InChI is InChI=1S/C16H23NO3/c1-10-9-16(3,4)17(11(2)15(18)19)14-12(10)7-6-8-13(14)20-5/h6-8,10-11H,9H2,1-5H3,(H,18,19)/t10-,11+/m0/s1. The van der Waals surface area contributed by atoms with E-state index in [2.05, 4.69) is 26.8 Å². The van der Waals surface area contributed by atoms with Crippen molar-refractivity contribution in [1.29, 1.82) is 0 Å². The molecule has 1 aromatic carbocycles. The first-order valence-electron chi connectivity index (χ1n) is 6.98. The average Bonchev–Trinajstić information content (AvgIpc) is 2.36. The Morgan fingerprint density at radius 3 is 2.70 bits per heavy atom. The van der Waals surface area contributed by atoms with Gasteiger partial charge in [-0.15, -0.1) is 0 Å². The lowest BCUT2D eigenvalue weighted by Crippen LogP contribution is -2.55. The fraction of sp³-hybridized carbons (Fsp3) is 0.562. The molecule has 1 N–H and O–H groups in total. The van der Waals surface area contributed by atoms with Crippen molar-refractivity contribution < 1.29 is 14.6 Å². The molecule has 20 heavy (non-hydrogen) atoms. The number of carbonyl (C=O) groups is 1. The number of hydrogen-bond acceptors (Lipinski definition) is 3. The second-order valence-electron chi connectivity index (χ2n) is 6.20. The number of rotatable bonds is 3. The summed E-state index contributed by atoms with van der Waals surface area (Å²) < 4.78 is 5.48. The number of benzene rings is 1. The van der Waals surface area contributed by atoms with Gasteiger partial charge in [-0.2, -0.15) is 0 Å². The van der Waals surface area contributed by atoms with Crippen LogP contribution in [0, 0.1) is 0 Å². The monoisotopic (exact) mass is 277 g/mol. The van der Waals surface area contributed by atoms with Crippen molar-refractivity contribution in [2.75, 3.05) is 12.0 Å². The lowest BCUT2D eigenvalue weighted by atomic mass is 9.79. The lowest BCUT2D eigenvalue weighted by molar-refractivity contribution is -0.138. The van der Waals surface area contributed by atoms with Crippen molar-refractivity contribution in [3.8, 4) is 5.75 Å². The number of methoxy groups -OCH3 is 1. The third-order valence-electron chi connectivity index (χ3n) is 4.22. The molecule has 0 unspecified atom stereocenters. The van der Waals surface area contributed by atoms with E-state index in [0.717, 1.165) is 23.4 Å². The fourth-order valence-corrected chi connectivity index (χ4v) is 3.45. The first kappa shape index (κ1) is 14.7. The Bertz CT molecular complexity index is 524. The van der Waals surface area contributed by atoms with Crippen molar-refractivity contribution >= 4 is 11.7 Å². The van der Waals surface area contributed by atoms with E-state index >= 15 is 0 Å². The molecule has 0 saturated heterocycles. The van der Waals surface area contributed by atoms with E-state index in [4.69, 9.17) is 4.74 Å². The minimum absolute atomic E-state index is 0.223. The number of fused-ring (bicyclic) bond motifs is 1.